The maximum Gasteiger partial charge on any atom is 0.223 e. The average molecular weight is 334 g/mol. The monoisotopic (exact) mass is 333 g/mol. The smallest absolute Gasteiger partial charge is 0.223 e. The van der Waals surface area contributed by atoms with Crippen LogP contribution in [0.4, 0.5) is 0 Å². The first-order valence-corrected chi connectivity index (χ1v) is 7.86. The Morgan fingerprint density at radius 3 is 2.65 bits per heavy atom. The number of hydrogen-bond donors (Lipinski definition) is 1. The maximum atomic E-state index is 11.7. The zero-order valence-corrected chi connectivity index (χ0v) is 13.8. The second-order valence-electron chi connectivity index (χ2n) is 5.04. The van der Waals surface area contributed by atoms with Gasteiger partial charge >= 0.3 is 0 Å². The SMILES string of the molecule is Cc1ccc(Cl)c(OCCNC(=O)CCOc2ccccc2)c1. The summed E-state index contributed by atoms with van der Waals surface area (Å²) in [4.78, 5) is 11.7. The normalized spacial score (nSPS) is 10.2. The molecule has 0 heterocycles. The standard InChI is InChI=1S/C18H20ClNO3/c1-14-7-8-16(19)17(13-14)23-12-10-20-18(21)9-11-22-15-5-3-2-4-6-15/h2-8,13H,9-12H2,1H3,(H,20,21). The van der Waals surface area contributed by atoms with Crippen LogP contribution in [0.15, 0.2) is 48.5 Å². The van der Waals surface area contributed by atoms with Gasteiger partial charge in [-0.15, -0.1) is 0 Å². The number of aryl methyl sites for hydroxylation is 1. The van der Waals surface area contributed by atoms with Crippen molar-refractivity contribution in [3.63, 3.8) is 0 Å². The van der Waals surface area contributed by atoms with Crippen molar-refractivity contribution in [2.75, 3.05) is 19.8 Å². The molecule has 0 atom stereocenters. The third-order valence-corrected chi connectivity index (χ3v) is 3.42. The van der Waals surface area contributed by atoms with E-state index in [0.29, 0.717) is 37.0 Å². The lowest BCUT2D eigenvalue weighted by atomic mass is 10.2. The van der Waals surface area contributed by atoms with Crippen molar-refractivity contribution >= 4 is 17.5 Å². The Balaban J connectivity index is 1.60. The number of para-hydroxylation sites is 1. The van der Waals surface area contributed by atoms with E-state index in [2.05, 4.69) is 5.32 Å². The molecule has 4 nitrogen and oxygen atoms in total. The van der Waals surface area contributed by atoms with Gasteiger partial charge in [-0.25, -0.2) is 0 Å². The number of ether oxygens (including phenoxy) is 2. The van der Waals surface area contributed by atoms with E-state index >= 15 is 0 Å². The van der Waals surface area contributed by atoms with E-state index in [0.717, 1.165) is 11.3 Å². The van der Waals surface area contributed by atoms with Gasteiger partial charge in [0.2, 0.25) is 5.91 Å². The van der Waals surface area contributed by atoms with Crippen LogP contribution in [0.25, 0.3) is 0 Å². The van der Waals surface area contributed by atoms with Crippen molar-refractivity contribution in [1.29, 1.82) is 0 Å². The summed E-state index contributed by atoms with van der Waals surface area (Å²) in [6.07, 6.45) is 0.306. The van der Waals surface area contributed by atoms with Gasteiger partial charge in [0, 0.05) is 0 Å². The van der Waals surface area contributed by atoms with Crippen LogP contribution in [0.1, 0.15) is 12.0 Å². The van der Waals surface area contributed by atoms with Crippen molar-refractivity contribution in [2.45, 2.75) is 13.3 Å². The van der Waals surface area contributed by atoms with E-state index in [9.17, 15) is 4.79 Å². The molecule has 0 saturated carbocycles. The van der Waals surface area contributed by atoms with Gasteiger partial charge in [-0.05, 0) is 36.8 Å². The van der Waals surface area contributed by atoms with E-state index in [4.69, 9.17) is 21.1 Å². The topological polar surface area (TPSA) is 47.6 Å². The zero-order valence-electron chi connectivity index (χ0n) is 13.0. The van der Waals surface area contributed by atoms with Gasteiger partial charge in [0.25, 0.3) is 0 Å². The molecule has 0 unspecified atom stereocenters. The minimum atomic E-state index is -0.0696. The molecule has 1 N–H and O–H groups in total. The summed E-state index contributed by atoms with van der Waals surface area (Å²) in [7, 11) is 0. The number of benzene rings is 2. The lowest BCUT2D eigenvalue weighted by molar-refractivity contribution is -0.121. The molecule has 5 heteroatoms. The quantitative estimate of drug-likeness (QED) is 0.751. The van der Waals surface area contributed by atoms with Crippen LogP contribution in [-0.2, 0) is 4.79 Å². The molecule has 0 aliphatic carbocycles. The van der Waals surface area contributed by atoms with Crippen LogP contribution < -0.4 is 14.8 Å². The molecule has 2 rings (SSSR count). The van der Waals surface area contributed by atoms with Crippen molar-refractivity contribution < 1.29 is 14.3 Å². The molecule has 0 spiro atoms. The van der Waals surface area contributed by atoms with Gasteiger partial charge in [-0.1, -0.05) is 35.9 Å². The summed E-state index contributed by atoms with van der Waals surface area (Å²) in [5.74, 6) is 1.32. The lowest BCUT2D eigenvalue weighted by Crippen LogP contribution is -2.29. The van der Waals surface area contributed by atoms with Crippen molar-refractivity contribution in [3.8, 4) is 11.5 Å². The fourth-order valence-corrected chi connectivity index (χ4v) is 2.11. The Labute approximate surface area is 141 Å². The van der Waals surface area contributed by atoms with Gasteiger partial charge in [-0.3, -0.25) is 4.79 Å². The van der Waals surface area contributed by atoms with Crippen LogP contribution >= 0.6 is 11.6 Å². The fraction of sp³-hybridized carbons (Fsp3) is 0.278. The van der Waals surface area contributed by atoms with E-state index in [1.54, 1.807) is 6.07 Å². The Morgan fingerprint density at radius 1 is 1.09 bits per heavy atom. The largest absolute Gasteiger partial charge is 0.493 e. The van der Waals surface area contributed by atoms with Gasteiger partial charge in [0.05, 0.1) is 24.6 Å². The fourth-order valence-electron chi connectivity index (χ4n) is 1.94. The van der Waals surface area contributed by atoms with E-state index in [1.807, 2.05) is 49.4 Å². The Hall–Kier alpha value is -2.20. The highest BCUT2D eigenvalue weighted by molar-refractivity contribution is 6.32. The third kappa shape index (κ3) is 6.20. The summed E-state index contributed by atoms with van der Waals surface area (Å²) >= 11 is 6.04. The Morgan fingerprint density at radius 2 is 1.87 bits per heavy atom. The Kier molecular flexibility index (Phi) is 6.76. The molecule has 122 valence electrons. The first-order valence-electron chi connectivity index (χ1n) is 7.48. The van der Waals surface area contributed by atoms with Crippen molar-refractivity contribution in [2.24, 2.45) is 0 Å². The Bertz CT molecular complexity index is 631. The van der Waals surface area contributed by atoms with Crippen LogP contribution in [0.3, 0.4) is 0 Å². The number of hydrogen-bond acceptors (Lipinski definition) is 3. The molecular weight excluding hydrogens is 314 g/mol. The van der Waals surface area contributed by atoms with Gasteiger partial charge in [-0.2, -0.15) is 0 Å². The predicted octanol–water partition coefficient (Wildman–Crippen LogP) is 3.61. The predicted molar refractivity (Wildman–Crippen MR) is 91.2 cm³/mol. The van der Waals surface area contributed by atoms with E-state index in [-0.39, 0.29) is 5.91 Å². The van der Waals surface area contributed by atoms with Crippen LogP contribution in [0.5, 0.6) is 11.5 Å². The molecule has 0 bridgehead atoms. The number of carbonyl (C=O) groups is 1. The van der Waals surface area contributed by atoms with Crippen LogP contribution in [-0.4, -0.2) is 25.7 Å². The molecule has 0 aromatic heterocycles. The molecule has 23 heavy (non-hydrogen) atoms. The first-order chi connectivity index (χ1) is 11.1. The average Bonchev–Trinajstić information content (AvgIpc) is 2.55. The van der Waals surface area contributed by atoms with E-state index < -0.39 is 0 Å². The van der Waals surface area contributed by atoms with Crippen LogP contribution in [0.2, 0.25) is 5.02 Å². The number of carbonyl (C=O) groups excluding carboxylic acids is 1. The highest BCUT2D eigenvalue weighted by atomic mass is 35.5. The summed E-state index contributed by atoms with van der Waals surface area (Å²) in [6.45, 7) is 3.11. The van der Waals surface area contributed by atoms with Crippen molar-refractivity contribution in [3.05, 3.63) is 59.1 Å². The summed E-state index contributed by atoms with van der Waals surface area (Å²) in [6, 6.07) is 15.0. The lowest BCUT2D eigenvalue weighted by Gasteiger charge is -2.10. The molecule has 0 fully saturated rings. The number of nitrogens with one attached hydrogen (secondary N) is 1. The highest BCUT2D eigenvalue weighted by Gasteiger charge is 2.04. The molecule has 2 aromatic carbocycles. The molecule has 2 aromatic rings. The van der Waals surface area contributed by atoms with Crippen molar-refractivity contribution in [1.82, 2.24) is 5.32 Å². The second kappa shape index (κ2) is 9.06. The zero-order chi connectivity index (χ0) is 16.5. The maximum absolute atomic E-state index is 11.7. The third-order valence-electron chi connectivity index (χ3n) is 3.11. The molecular formula is C18H20ClNO3. The second-order valence-corrected chi connectivity index (χ2v) is 5.45. The minimum absolute atomic E-state index is 0.0696. The van der Waals surface area contributed by atoms with Gasteiger partial charge in [0.15, 0.2) is 0 Å². The minimum Gasteiger partial charge on any atom is -0.493 e. The number of rotatable bonds is 8. The number of halogens is 1. The van der Waals surface area contributed by atoms with Crippen LogP contribution in [0, 0.1) is 6.92 Å². The molecule has 0 saturated heterocycles. The molecule has 1 amide bonds. The van der Waals surface area contributed by atoms with Gasteiger partial charge < -0.3 is 14.8 Å². The number of amides is 1. The molecule has 0 radical (unpaired) electrons. The molecule has 0 aliphatic heterocycles. The van der Waals surface area contributed by atoms with Gasteiger partial charge in [0.1, 0.15) is 18.1 Å². The summed E-state index contributed by atoms with van der Waals surface area (Å²) in [5.41, 5.74) is 1.08. The summed E-state index contributed by atoms with van der Waals surface area (Å²) < 4.78 is 11.0. The van der Waals surface area contributed by atoms with E-state index in [1.165, 1.54) is 0 Å². The first kappa shape index (κ1) is 17.2. The molecule has 0 aliphatic rings. The highest BCUT2D eigenvalue weighted by Crippen LogP contribution is 2.24. The summed E-state index contributed by atoms with van der Waals surface area (Å²) in [5, 5.41) is 3.35.